The molecule has 1 aliphatic heterocycles. The largest absolute Gasteiger partial charge is 0.377 e. The Bertz CT molecular complexity index is 767. The predicted molar refractivity (Wildman–Crippen MR) is 91.6 cm³/mol. The number of benzene rings is 1. The Labute approximate surface area is 146 Å². The number of Topliss-reactive ketones (excluding diaryl/α,β-unsaturated/α-hetero) is 1. The van der Waals surface area contributed by atoms with Crippen LogP contribution in [0.2, 0.25) is 0 Å². The van der Waals surface area contributed by atoms with Crippen molar-refractivity contribution in [2.24, 2.45) is 0 Å². The zero-order valence-corrected chi connectivity index (χ0v) is 14.0. The maximum atomic E-state index is 12.9. The molecule has 6 heteroatoms. The lowest BCUT2D eigenvalue weighted by Crippen LogP contribution is -2.49. The Morgan fingerprint density at radius 2 is 2.04 bits per heavy atom. The van der Waals surface area contributed by atoms with Crippen LogP contribution in [0, 0.1) is 0 Å². The van der Waals surface area contributed by atoms with Gasteiger partial charge in [-0.1, -0.05) is 30.3 Å². The Morgan fingerprint density at radius 3 is 2.80 bits per heavy atom. The standard InChI is InChI=1S/C19H21N3O3/c23-18(14-4-2-1-3-5-14)10-15-12-25-9-8-22(15)19(24)17-11-16(20-21-17)13-6-7-13/h1-5,11,13,15H,6-10,12H2,(H,20,21). The molecule has 0 bridgehead atoms. The molecular weight excluding hydrogens is 318 g/mol. The summed E-state index contributed by atoms with van der Waals surface area (Å²) < 4.78 is 5.51. The minimum atomic E-state index is -0.255. The van der Waals surface area contributed by atoms with Gasteiger partial charge in [-0.3, -0.25) is 14.7 Å². The molecule has 1 aromatic carbocycles. The van der Waals surface area contributed by atoms with E-state index in [9.17, 15) is 9.59 Å². The van der Waals surface area contributed by atoms with E-state index in [1.165, 1.54) is 0 Å². The van der Waals surface area contributed by atoms with E-state index in [2.05, 4.69) is 10.2 Å². The molecule has 1 aliphatic carbocycles. The van der Waals surface area contributed by atoms with E-state index in [4.69, 9.17) is 4.74 Å². The molecule has 1 amide bonds. The van der Waals surface area contributed by atoms with Gasteiger partial charge in [-0.2, -0.15) is 5.10 Å². The second-order valence-electron chi connectivity index (χ2n) is 6.70. The lowest BCUT2D eigenvalue weighted by Gasteiger charge is -2.34. The number of nitrogens with zero attached hydrogens (tertiary/aromatic N) is 2. The fraction of sp³-hybridized carbons (Fsp3) is 0.421. The second kappa shape index (κ2) is 6.80. The van der Waals surface area contributed by atoms with Crippen LogP contribution < -0.4 is 0 Å². The van der Waals surface area contributed by atoms with Gasteiger partial charge in [-0.25, -0.2) is 0 Å². The van der Waals surface area contributed by atoms with E-state index < -0.39 is 0 Å². The highest BCUT2D eigenvalue weighted by Crippen LogP contribution is 2.39. The van der Waals surface area contributed by atoms with E-state index in [-0.39, 0.29) is 24.2 Å². The van der Waals surface area contributed by atoms with Crippen molar-refractivity contribution in [2.45, 2.75) is 31.2 Å². The first-order chi connectivity index (χ1) is 12.2. The normalized spacial score (nSPS) is 20.5. The lowest BCUT2D eigenvalue weighted by molar-refractivity contribution is -0.00311. The molecule has 1 N–H and O–H groups in total. The van der Waals surface area contributed by atoms with E-state index in [0.717, 1.165) is 18.5 Å². The van der Waals surface area contributed by atoms with Crippen LogP contribution in [0.25, 0.3) is 0 Å². The topological polar surface area (TPSA) is 75.3 Å². The SMILES string of the molecule is O=C(CC1COCCN1C(=O)c1cc(C2CC2)[nH]n1)c1ccccc1. The van der Waals surface area contributed by atoms with Gasteiger partial charge in [0.2, 0.25) is 0 Å². The summed E-state index contributed by atoms with van der Waals surface area (Å²) in [6.45, 7) is 1.35. The summed E-state index contributed by atoms with van der Waals surface area (Å²) in [7, 11) is 0. The van der Waals surface area contributed by atoms with Gasteiger partial charge < -0.3 is 9.64 Å². The molecule has 1 atom stereocenters. The van der Waals surface area contributed by atoms with Gasteiger partial charge in [0.25, 0.3) is 5.91 Å². The highest BCUT2D eigenvalue weighted by molar-refractivity contribution is 5.97. The second-order valence-corrected chi connectivity index (χ2v) is 6.70. The number of amides is 1. The average molecular weight is 339 g/mol. The molecule has 130 valence electrons. The van der Waals surface area contributed by atoms with Crippen LogP contribution in [0.3, 0.4) is 0 Å². The van der Waals surface area contributed by atoms with Crippen LogP contribution in [0.5, 0.6) is 0 Å². The summed E-state index contributed by atoms with van der Waals surface area (Å²) in [5.74, 6) is 0.418. The number of hydrogen-bond acceptors (Lipinski definition) is 4. The number of aromatic nitrogens is 2. The first kappa shape index (κ1) is 16.0. The molecule has 25 heavy (non-hydrogen) atoms. The van der Waals surface area contributed by atoms with Crippen molar-refractivity contribution in [1.82, 2.24) is 15.1 Å². The molecule has 6 nitrogen and oxygen atoms in total. The molecule has 2 fully saturated rings. The molecule has 0 spiro atoms. The third-order valence-electron chi connectivity index (χ3n) is 4.84. The molecule has 1 unspecified atom stereocenters. The number of ketones is 1. The van der Waals surface area contributed by atoms with Gasteiger partial charge in [-0.05, 0) is 18.9 Å². The van der Waals surface area contributed by atoms with Crippen molar-refractivity contribution in [3.05, 3.63) is 53.3 Å². The Balaban J connectivity index is 1.48. The van der Waals surface area contributed by atoms with Crippen LogP contribution in [0.1, 0.15) is 51.7 Å². The van der Waals surface area contributed by atoms with Crippen molar-refractivity contribution < 1.29 is 14.3 Å². The monoisotopic (exact) mass is 339 g/mol. The van der Waals surface area contributed by atoms with Crippen LogP contribution >= 0.6 is 0 Å². The molecule has 1 saturated carbocycles. The number of rotatable bonds is 5. The molecule has 2 heterocycles. The Hall–Kier alpha value is -2.47. The number of H-pyrrole nitrogens is 1. The summed E-state index contributed by atoms with van der Waals surface area (Å²) in [5, 5.41) is 7.16. The number of ether oxygens (including phenoxy) is 1. The third kappa shape index (κ3) is 3.49. The Kier molecular flexibility index (Phi) is 4.36. The molecule has 2 aromatic rings. The zero-order valence-electron chi connectivity index (χ0n) is 14.0. The van der Waals surface area contributed by atoms with Crippen molar-refractivity contribution in [2.75, 3.05) is 19.8 Å². The van der Waals surface area contributed by atoms with E-state index in [1.54, 1.807) is 17.0 Å². The van der Waals surface area contributed by atoms with Gasteiger partial charge in [0, 0.05) is 30.1 Å². The summed E-state index contributed by atoms with van der Waals surface area (Å²) in [5.41, 5.74) is 2.13. The van der Waals surface area contributed by atoms with Crippen molar-refractivity contribution in [1.29, 1.82) is 0 Å². The van der Waals surface area contributed by atoms with Crippen molar-refractivity contribution in [3.8, 4) is 0 Å². The molecule has 1 saturated heterocycles. The summed E-state index contributed by atoms with van der Waals surface area (Å²) in [4.78, 5) is 27.1. The molecule has 4 rings (SSSR count). The third-order valence-corrected chi connectivity index (χ3v) is 4.84. The molecule has 0 radical (unpaired) electrons. The smallest absolute Gasteiger partial charge is 0.274 e. The van der Waals surface area contributed by atoms with Crippen LogP contribution in [-0.4, -0.2) is 52.6 Å². The number of carbonyl (C=O) groups excluding carboxylic acids is 2. The molecule has 2 aliphatic rings. The fourth-order valence-electron chi connectivity index (χ4n) is 3.24. The number of carbonyl (C=O) groups is 2. The summed E-state index contributed by atoms with van der Waals surface area (Å²) >= 11 is 0. The van der Waals surface area contributed by atoms with Gasteiger partial charge in [0.05, 0.1) is 19.3 Å². The zero-order chi connectivity index (χ0) is 17.2. The quantitative estimate of drug-likeness (QED) is 0.849. The van der Waals surface area contributed by atoms with E-state index >= 15 is 0 Å². The highest BCUT2D eigenvalue weighted by Gasteiger charge is 2.32. The van der Waals surface area contributed by atoms with Gasteiger partial charge in [0.1, 0.15) is 5.69 Å². The number of hydrogen-bond donors (Lipinski definition) is 1. The number of morpholine rings is 1. The van der Waals surface area contributed by atoms with Gasteiger partial charge in [-0.15, -0.1) is 0 Å². The maximum Gasteiger partial charge on any atom is 0.274 e. The Morgan fingerprint density at radius 1 is 1.24 bits per heavy atom. The first-order valence-corrected chi connectivity index (χ1v) is 8.74. The summed E-state index contributed by atoms with van der Waals surface area (Å²) in [6, 6.07) is 10.8. The van der Waals surface area contributed by atoms with Gasteiger partial charge >= 0.3 is 0 Å². The van der Waals surface area contributed by atoms with E-state index in [0.29, 0.717) is 36.9 Å². The van der Waals surface area contributed by atoms with Gasteiger partial charge in [0.15, 0.2) is 5.78 Å². The van der Waals surface area contributed by atoms with Crippen molar-refractivity contribution in [3.63, 3.8) is 0 Å². The first-order valence-electron chi connectivity index (χ1n) is 8.74. The lowest BCUT2D eigenvalue weighted by atomic mass is 10.0. The fourth-order valence-corrected chi connectivity index (χ4v) is 3.24. The summed E-state index contributed by atoms with van der Waals surface area (Å²) in [6.07, 6.45) is 2.57. The van der Waals surface area contributed by atoms with Crippen LogP contribution in [0.15, 0.2) is 36.4 Å². The van der Waals surface area contributed by atoms with E-state index in [1.807, 2.05) is 24.3 Å². The number of aromatic amines is 1. The minimum Gasteiger partial charge on any atom is -0.377 e. The maximum absolute atomic E-state index is 12.9. The highest BCUT2D eigenvalue weighted by atomic mass is 16.5. The molecule has 1 aromatic heterocycles. The molecular formula is C19H21N3O3. The van der Waals surface area contributed by atoms with Crippen LogP contribution in [0.4, 0.5) is 0 Å². The van der Waals surface area contributed by atoms with Crippen LogP contribution in [-0.2, 0) is 4.74 Å². The average Bonchev–Trinajstić information content (AvgIpc) is 3.39. The van der Waals surface area contributed by atoms with Crippen molar-refractivity contribution >= 4 is 11.7 Å². The number of nitrogens with one attached hydrogen (secondary N) is 1. The predicted octanol–water partition coefficient (Wildman–Crippen LogP) is 2.40. The minimum absolute atomic E-state index is 0.0228.